The van der Waals surface area contributed by atoms with Crippen molar-refractivity contribution in [3.05, 3.63) is 0 Å². The first kappa shape index (κ1) is 15.5. The molecule has 0 aromatic rings. The Bertz CT molecular complexity index is 379. The van der Waals surface area contributed by atoms with Gasteiger partial charge < -0.3 is 15.3 Å². The van der Waals surface area contributed by atoms with Crippen LogP contribution in [-0.2, 0) is 14.4 Å². The highest BCUT2D eigenvalue weighted by Gasteiger charge is 2.36. The number of likely N-dealkylation sites (N-methyl/N-ethyl adjacent to an activating group) is 1. The second kappa shape index (κ2) is 6.04. The normalized spacial score (nSPS) is 19.3. The van der Waals surface area contributed by atoms with E-state index in [0.29, 0.717) is 13.0 Å². The van der Waals surface area contributed by atoms with E-state index in [0.717, 1.165) is 6.42 Å². The number of carboxylic acid groups (broad SMARTS) is 1. The third kappa shape index (κ3) is 4.22. The SMILES string of the molecule is CNC(=O)[C@H]1CCCN1C(=O)CC(C)(C)CC(=O)O. The highest BCUT2D eigenvalue weighted by Crippen LogP contribution is 2.28. The van der Waals surface area contributed by atoms with Gasteiger partial charge >= 0.3 is 5.97 Å². The number of likely N-dealkylation sites (tertiary alicyclic amines) is 1. The van der Waals surface area contributed by atoms with Gasteiger partial charge in [-0.1, -0.05) is 13.8 Å². The van der Waals surface area contributed by atoms with Gasteiger partial charge in [-0.15, -0.1) is 0 Å². The molecule has 0 saturated carbocycles. The van der Waals surface area contributed by atoms with Crippen molar-refractivity contribution in [1.29, 1.82) is 0 Å². The van der Waals surface area contributed by atoms with Gasteiger partial charge in [0.2, 0.25) is 11.8 Å². The van der Waals surface area contributed by atoms with Crippen LogP contribution in [0.5, 0.6) is 0 Å². The van der Waals surface area contributed by atoms with Crippen LogP contribution in [0, 0.1) is 5.41 Å². The fourth-order valence-corrected chi connectivity index (χ4v) is 2.49. The molecule has 108 valence electrons. The van der Waals surface area contributed by atoms with Crippen LogP contribution >= 0.6 is 0 Å². The Morgan fingerprint density at radius 1 is 1.32 bits per heavy atom. The number of amides is 2. The number of nitrogens with one attached hydrogen (secondary N) is 1. The van der Waals surface area contributed by atoms with Crippen molar-refractivity contribution in [2.75, 3.05) is 13.6 Å². The maximum Gasteiger partial charge on any atom is 0.303 e. The monoisotopic (exact) mass is 270 g/mol. The van der Waals surface area contributed by atoms with E-state index in [1.54, 1.807) is 25.8 Å². The Balaban J connectivity index is 2.67. The molecule has 1 atom stereocenters. The third-order valence-corrected chi connectivity index (χ3v) is 3.38. The van der Waals surface area contributed by atoms with Crippen molar-refractivity contribution >= 4 is 17.8 Å². The van der Waals surface area contributed by atoms with Crippen molar-refractivity contribution in [3.8, 4) is 0 Å². The summed E-state index contributed by atoms with van der Waals surface area (Å²) in [5.41, 5.74) is -0.598. The van der Waals surface area contributed by atoms with Gasteiger partial charge in [-0.3, -0.25) is 14.4 Å². The quantitative estimate of drug-likeness (QED) is 0.766. The molecule has 0 bridgehead atoms. The van der Waals surface area contributed by atoms with Crippen molar-refractivity contribution < 1.29 is 19.5 Å². The highest BCUT2D eigenvalue weighted by molar-refractivity contribution is 5.88. The summed E-state index contributed by atoms with van der Waals surface area (Å²) in [6.07, 6.45) is 1.57. The van der Waals surface area contributed by atoms with Crippen LogP contribution in [0.1, 0.15) is 39.5 Å². The summed E-state index contributed by atoms with van der Waals surface area (Å²) in [5, 5.41) is 11.4. The minimum absolute atomic E-state index is 0.0583. The minimum Gasteiger partial charge on any atom is -0.481 e. The second-order valence-electron chi connectivity index (χ2n) is 5.77. The standard InChI is InChI=1S/C13H22N2O4/c1-13(2,8-11(17)18)7-10(16)15-6-4-5-9(15)12(19)14-3/h9H,4-8H2,1-3H3,(H,14,19)(H,17,18)/t9-/m1/s1. The number of nitrogens with zero attached hydrogens (tertiary/aromatic N) is 1. The number of carboxylic acids is 1. The van der Waals surface area contributed by atoms with Crippen molar-refractivity contribution in [3.63, 3.8) is 0 Å². The van der Waals surface area contributed by atoms with Gasteiger partial charge in [0.1, 0.15) is 6.04 Å². The fraction of sp³-hybridized carbons (Fsp3) is 0.769. The maximum absolute atomic E-state index is 12.2. The zero-order chi connectivity index (χ0) is 14.6. The predicted octanol–water partition coefficient (Wildman–Crippen LogP) is 0.614. The Kier molecular flexibility index (Phi) is 4.91. The van der Waals surface area contributed by atoms with Crippen LogP contribution in [-0.4, -0.2) is 47.4 Å². The minimum atomic E-state index is -0.915. The van der Waals surface area contributed by atoms with Crippen LogP contribution in [0.25, 0.3) is 0 Å². The van der Waals surface area contributed by atoms with E-state index in [9.17, 15) is 14.4 Å². The molecule has 19 heavy (non-hydrogen) atoms. The molecule has 0 aromatic heterocycles. The molecule has 1 aliphatic rings. The lowest BCUT2D eigenvalue weighted by Crippen LogP contribution is -2.46. The Labute approximate surface area is 113 Å². The summed E-state index contributed by atoms with van der Waals surface area (Å²) < 4.78 is 0. The van der Waals surface area contributed by atoms with Crippen molar-refractivity contribution in [1.82, 2.24) is 10.2 Å². The molecule has 0 aromatic carbocycles. The lowest BCUT2D eigenvalue weighted by molar-refractivity contribution is -0.143. The van der Waals surface area contributed by atoms with E-state index in [1.807, 2.05) is 0 Å². The number of carbonyl (C=O) groups is 3. The Morgan fingerprint density at radius 3 is 2.47 bits per heavy atom. The number of aliphatic carboxylic acids is 1. The van der Waals surface area contributed by atoms with E-state index in [4.69, 9.17) is 5.11 Å². The zero-order valence-corrected chi connectivity index (χ0v) is 11.7. The summed E-state index contributed by atoms with van der Waals surface area (Å²) in [6, 6.07) is -0.405. The first-order chi connectivity index (χ1) is 8.76. The van der Waals surface area contributed by atoms with E-state index in [1.165, 1.54) is 0 Å². The molecule has 0 unspecified atom stereocenters. The van der Waals surface area contributed by atoms with E-state index >= 15 is 0 Å². The lowest BCUT2D eigenvalue weighted by Gasteiger charge is -2.28. The molecule has 6 nitrogen and oxygen atoms in total. The molecule has 6 heteroatoms. The lowest BCUT2D eigenvalue weighted by atomic mass is 9.85. The molecular formula is C13H22N2O4. The molecule has 0 spiro atoms. The highest BCUT2D eigenvalue weighted by atomic mass is 16.4. The first-order valence-corrected chi connectivity index (χ1v) is 6.50. The third-order valence-electron chi connectivity index (χ3n) is 3.38. The van der Waals surface area contributed by atoms with Crippen LogP contribution in [0.15, 0.2) is 0 Å². The summed E-state index contributed by atoms with van der Waals surface area (Å²) in [4.78, 5) is 36.2. The summed E-state index contributed by atoms with van der Waals surface area (Å²) in [7, 11) is 1.55. The number of rotatable bonds is 5. The van der Waals surface area contributed by atoms with Crippen LogP contribution in [0.3, 0.4) is 0 Å². The largest absolute Gasteiger partial charge is 0.481 e. The maximum atomic E-state index is 12.2. The predicted molar refractivity (Wildman–Crippen MR) is 69.5 cm³/mol. The van der Waals surface area contributed by atoms with Gasteiger partial charge in [-0.2, -0.15) is 0 Å². The summed E-state index contributed by atoms with van der Waals surface area (Å²) in [5.74, 6) is -1.21. The smallest absolute Gasteiger partial charge is 0.303 e. The molecule has 1 saturated heterocycles. The second-order valence-corrected chi connectivity index (χ2v) is 5.77. The van der Waals surface area contributed by atoms with Crippen molar-refractivity contribution in [2.45, 2.75) is 45.6 Å². The fourth-order valence-electron chi connectivity index (χ4n) is 2.49. The van der Waals surface area contributed by atoms with Gasteiger partial charge in [-0.05, 0) is 18.3 Å². The molecular weight excluding hydrogens is 248 g/mol. The van der Waals surface area contributed by atoms with Gasteiger partial charge in [-0.25, -0.2) is 0 Å². The van der Waals surface area contributed by atoms with Gasteiger partial charge in [0, 0.05) is 20.0 Å². The van der Waals surface area contributed by atoms with Crippen LogP contribution < -0.4 is 5.32 Å². The average molecular weight is 270 g/mol. The molecule has 2 amide bonds. The molecule has 1 rings (SSSR count). The average Bonchev–Trinajstić information content (AvgIpc) is 2.74. The molecule has 0 aliphatic carbocycles. The van der Waals surface area contributed by atoms with E-state index in [-0.39, 0.29) is 24.7 Å². The zero-order valence-electron chi connectivity index (χ0n) is 11.7. The number of hydrogen-bond donors (Lipinski definition) is 2. The molecule has 0 radical (unpaired) electrons. The summed E-state index contributed by atoms with van der Waals surface area (Å²) in [6.45, 7) is 4.08. The number of hydrogen-bond acceptors (Lipinski definition) is 3. The first-order valence-electron chi connectivity index (χ1n) is 6.50. The number of carbonyl (C=O) groups excluding carboxylic acids is 2. The molecule has 1 heterocycles. The van der Waals surface area contributed by atoms with Gasteiger partial charge in [0.25, 0.3) is 0 Å². The molecule has 2 N–H and O–H groups in total. The van der Waals surface area contributed by atoms with E-state index < -0.39 is 17.4 Å². The van der Waals surface area contributed by atoms with Crippen LogP contribution in [0.4, 0.5) is 0 Å². The van der Waals surface area contributed by atoms with Gasteiger partial charge in [0.05, 0.1) is 6.42 Å². The molecule has 1 aliphatic heterocycles. The summed E-state index contributed by atoms with van der Waals surface area (Å²) >= 11 is 0. The Morgan fingerprint density at radius 2 is 1.95 bits per heavy atom. The van der Waals surface area contributed by atoms with E-state index in [2.05, 4.69) is 5.32 Å². The van der Waals surface area contributed by atoms with Crippen molar-refractivity contribution in [2.24, 2.45) is 5.41 Å². The molecule has 1 fully saturated rings. The topological polar surface area (TPSA) is 86.7 Å². The Hall–Kier alpha value is -1.59. The van der Waals surface area contributed by atoms with Crippen LogP contribution in [0.2, 0.25) is 0 Å². The van der Waals surface area contributed by atoms with Gasteiger partial charge in [0.15, 0.2) is 0 Å².